The average molecular weight is 581 g/mol. The number of thiophene rings is 1. The Kier molecular flexibility index (Phi) is 8.26. The number of carbonyl (C=O) groups is 1. The third-order valence-electron chi connectivity index (χ3n) is 8.08. The summed E-state index contributed by atoms with van der Waals surface area (Å²) in [5, 5.41) is 4.74. The van der Waals surface area contributed by atoms with E-state index in [0.717, 1.165) is 65.9 Å². The zero-order valence-corrected chi connectivity index (χ0v) is 25.1. The Bertz CT molecular complexity index is 1540. The summed E-state index contributed by atoms with van der Waals surface area (Å²) in [6.07, 6.45) is 0.527. The molecule has 0 unspecified atom stereocenters. The van der Waals surface area contributed by atoms with Gasteiger partial charge in [0.05, 0.1) is 50.2 Å². The number of nitrogens with zero attached hydrogens (tertiary/aromatic N) is 4. The lowest BCUT2D eigenvalue weighted by Gasteiger charge is -2.42. The number of ether oxygens (including phenoxy) is 1. The van der Waals surface area contributed by atoms with E-state index in [-0.39, 0.29) is 6.09 Å². The predicted molar refractivity (Wildman–Crippen MR) is 171 cm³/mol. The third-order valence-corrected chi connectivity index (χ3v) is 9.05. The lowest BCUT2D eigenvalue weighted by molar-refractivity contribution is -0.929. The first-order chi connectivity index (χ1) is 20.5. The van der Waals surface area contributed by atoms with E-state index in [1.54, 1.807) is 11.3 Å². The summed E-state index contributed by atoms with van der Waals surface area (Å²) in [5.74, 6) is 1.02. The zero-order chi connectivity index (χ0) is 28.9. The summed E-state index contributed by atoms with van der Waals surface area (Å²) < 4.78 is 6.69. The van der Waals surface area contributed by atoms with Gasteiger partial charge in [0.25, 0.3) is 0 Å². The Morgan fingerprint density at radius 1 is 0.976 bits per heavy atom. The molecule has 0 aliphatic carbocycles. The van der Waals surface area contributed by atoms with Crippen LogP contribution in [-0.2, 0) is 17.7 Å². The molecule has 6 rings (SSSR count). The van der Waals surface area contributed by atoms with Gasteiger partial charge in [0.1, 0.15) is 10.8 Å². The number of amides is 1. The molecule has 3 heterocycles. The molecule has 1 N–H and O–H groups in total. The quantitative estimate of drug-likeness (QED) is 0.245. The number of aliphatic imine (C=N–C) groups is 1. The fourth-order valence-electron chi connectivity index (χ4n) is 5.53. The number of rotatable bonds is 7. The van der Waals surface area contributed by atoms with Crippen molar-refractivity contribution in [3.63, 3.8) is 0 Å². The van der Waals surface area contributed by atoms with Crippen LogP contribution < -0.4 is 5.32 Å². The monoisotopic (exact) mass is 580 g/mol. The van der Waals surface area contributed by atoms with Gasteiger partial charge in [-0.15, -0.1) is 11.3 Å². The predicted octanol–water partition coefficient (Wildman–Crippen LogP) is 6.79. The van der Waals surface area contributed by atoms with E-state index in [9.17, 15) is 4.79 Å². The first-order valence-corrected chi connectivity index (χ1v) is 15.4. The molecule has 1 fully saturated rings. The molecule has 0 radical (unpaired) electrons. The number of benzene rings is 3. The summed E-state index contributed by atoms with van der Waals surface area (Å²) in [6, 6.07) is 30.9. The minimum absolute atomic E-state index is 0.259. The van der Waals surface area contributed by atoms with Crippen LogP contribution in [0.2, 0.25) is 0 Å². The largest absolute Gasteiger partial charge is 0.414 e. The molecule has 8 heteroatoms. The maximum absolute atomic E-state index is 13.4. The lowest BCUT2D eigenvalue weighted by Crippen LogP contribution is -2.59. The van der Waals surface area contributed by atoms with Crippen molar-refractivity contribution in [3.05, 3.63) is 113 Å². The Morgan fingerprint density at radius 3 is 2.38 bits per heavy atom. The molecule has 4 aromatic rings. The number of carbonyl (C=O) groups excluding carboxylic acids is 1. The smallest absolute Gasteiger partial charge is 0.399 e. The highest BCUT2D eigenvalue weighted by Crippen LogP contribution is 2.39. The van der Waals surface area contributed by atoms with Crippen molar-refractivity contribution in [1.82, 2.24) is 9.80 Å². The summed E-state index contributed by atoms with van der Waals surface area (Å²) in [6.45, 7) is 7.03. The third kappa shape index (κ3) is 6.50. The van der Waals surface area contributed by atoms with Crippen LogP contribution in [-0.4, -0.2) is 72.7 Å². The van der Waals surface area contributed by atoms with Crippen LogP contribution in [0.1, 0.15) is 21.6 Å². The highest BCUT2D eigenvalue weighted by molar-refractivity contribution is 7.16. The molecule has 7 nitrogen and oxygen atoms in total. The van der Waals surface area contributed by atoms with Gasteiger partial charge in [-0.25, -0.2) is 9.79 Å². The molecule has 0 spiro atoms. The number of quaternary nitrogens is 1. The summed E-state index contributed by atoms with van der Waals surface area (Å²) in [5.41, 5.74) is 5.46. The number of hydrogen-bond donors (Lipinski definition) is 1. The Morgan fingerprint density at radius 2 is 1.64 bits per heavy atom. The number of likely N-dealkylation sites (N-methyl/N-ethyl adjacent to an activating group) is 1. The number of aryl methyl sites for hydroxylation is 1. The molecular weight excluding hydrogens is 542 g/mol. The topological polar surface area (TPSA) is 57.2 Å². The number of fused-ring (bicyclic) bond motifs is 2. The second-order valence-electron chi connectivity index (χ2n) is 11.4. The number of hydrogen-bond acceptors (Lipinski definition) is 6. The zero-order valence-electron chi connectivity index (χ0n) is 24.3. The van der Waals surface area contributed by atoms with Crippen molar-refractivity contribution in [2.75, 3.05) is 51.8 Å². The molecule has 0 bridgehead atoms. The van der Waals surface area contributed by atoms with Crippen molar-refractivity contribution in [1.29, 1.82) is 0 Å². The SMILES string of the molecule is Cc1cc2c(s1)Nc1ccccc1N=C2N1CC[N+](C)(COC(=O)N(CCc2ccccc2)Cc2ccccc2)CC1. The van der Waals surface area contributed by atoms with Gasteiger partial charge in [0.2, 0.25) is 6.73 Å². The Hall–Kier alpha value is -4.14. The van der Waals surface area contributed by atoms with E-state index in [1.165, 1.54) is 10.4 Å². The summed E-state index contributed by atoms with van der Waals surface area (Å²) >= 11 is 1.77. The number of nitrogens with one attached hydrogen (secondary N) is 1. The van der Waals surface area contributed by atoms with Crippen LogP contribution in [0.4, 0.5) is 21.2 Å². The van der Waals surface area contributed by atoms with Crippen LogP contribution in [0.15, 0.2) is 96.0 Å². The van der Waals surface area contributed by atoms with Crippen LogP contribution in [0.5, 0.6) is 0 Å². The first-order valence-electron chi connectivity index (χ1n) is 14.6. The molecule has 1 saturated heterocycles. The molecular formula is C34H38N5O2S+. The highest BCUT2D eigenvalue weighted by Gasteiger charge is 2.34. The van der Waals surface area contributed by atoms with Crippen molar-refractivity contribution in [2.45, 2.75) is 19.9 Å². The van der Waals surface area contributed by atoms with Crippen molar-refractivity contribution in [3.8, 4) is 0 Å². The highest BCUT2D eigenvalue weighted by atomic mass is 32.1. The lowest BCUT2D eigenvalue weighted by atomic mass is 10.1. The molecule has 2 aliphatic rings. The van der Waals surface area contributed by atoms with Gasteiger partial charge in [-0.05, 0) is 42.7 Å². The van der Waals surface area contributed by atoms with E-state index in [1.807, 2.05) is 53.4 Å². The summed E-state index contributed by atoms with van der Waals surface area (Å²) in [4.78, 5) is 24.0. The average Bonchev–Trinajstić information content (AvgIpc) is 3.31. The van der Waals surface area contributed by atoms with Gasteiger partial charge >= 0.3 is 6.09 Å². The molecule has 42 heavy (non-hydrogen) atoms. The van der Waals surface area contributed by atoms with Gasteiger partial charge in [0.15, 0.2) is 0 Å². The maximum atomic E-state index is 13.4. The standard InChI is InChI=1S/C34H38N5O2S/c1-26-23-29-32(35-30-15-9-10-16-31(30)36-33(29)42-26)37-19-21-39(2,22-20-37)25-41-34(40)38(24-28-13-7-4-8-14-28)18-17-27-11-5-3-6-12-27/h3-16,23,36H,17-22,24-25H2,1-2H3/q+1. The van der Waals surface area contributed by atoms with Gasteiger partial charge < -0.3 is 19.9 Å². The van der Waals surface area contributed by atoms with E-state index in [0.29, 0.717) is 24.3 Å². The molecule has 0 saturated carbocycles. The van der Waals surface area contributed by atoms with Crippen LogP contribution in [0.25, 0.3) is 0 Å². The Balaban J connectivity index is 1.11. The van der Waals surface area contributed by atoms with Crippen molar-refractivity contribution >= 4 is 39.6 Å². The number of amidine groups is 1. The molecule has 2 aliphatic heterocycles. The fraction of sp³-hybridized carbons (Fsp3) is 0.294. The van der Waals surface area contributed by atoms with Crippen LogP contribution >= 0.6 is 11.3 Å². The molecule has 0 atom stereocenters. The fourth-order valence-corrected chi connectivity index (χ4v) is 6.45. The normalized spacial score (nSPS) is 15.5. The molecule has 1 amide bonds. The molecule has 1 aromatic heterocycles. The van der Waals surface area contributed by atoms with Crippen LogP contribution in [0, 0.1) is 6.92 Å². The minimum atomic E-state index is -0.259. The Labute approximate surface area is 252 Å². The molecule has 216 valence electrons. The second-order valence-corrected chi connectivity index (χ2v) is 12.7. The first kappa shape index (κ1) is 28.0. The van der Waals surface area contributed by atoms with Crippen molar-refractivity contribution < 1.29 is 14.0 Å². The number of piperazine rings is 1. The van der Waals surface area contributed by atoms with E-state index >= 15 is 0 Å². The summed E-state index contributed by atoms with van der Waals surface area (Å²) in [7, 11) is 2.18. The van der Waals surface area contributed by atoms with Gasteiger partial charge in [-0.1, -0.05) is 72.8 Å². The van der Waals surface area contributed by atoms with Gasteiger partial charge in [0, 0.05) is 18.0 Å². The number of para-hydroxylation sites is 2. The van der Waals surface area contributed by atoms with Gasteiger partial charge in [-0.2, -0.15) is 0 Å². The minimum Gasteiger partial charge on any atom is -0.399 e. The van der Waals surface area contributed by atoms with E-state index in [4.69, 9.17) is 9.73 Å². The van der Waals surface area contributed by atoms with Gasteiger partial charge in [-0.3, -0.25) is 4.48 Å². The number of anilines is 2. The second kappa shape index (κ2) is 12.4. The maximum Gasteiger partial charge on any atom is 0.414 e. The van der Waals surface area contributed by atoms with Crippen LogP contribution in [0.3, 0.4) is 0 Å². The molecule has 3 aromatic carbocycles. The van der Waals surface area contributed by atoms with E-state index in [2.05, 4.69) is 66.7 Å². The van der Waals surface area contributed by atoms with E-state index < -0.39 is 0 Å². The van der Waals surface area contributed by atoms with Crippen molar-refractivity contribution in [2.24, 2.45) is 4.99 Å².